The summed E-state index contributed by atoms with van der Waals surface area (Å²) in [7, 11) is 1.88. The Morgan fingerprint density at radius 2 is 2.18 bits per heavy atom. The summed E-state index contributed by atoms with van der Waals surface area (Å²) in [6, 6.07) is 2.85. The Labute approximate surface area is 139 Å². The van der Waals surface area contributed by atoms with Gasteiger partial charge in [0.1, 0.15) is 10.4 Å². The third-order valence-corrected chi connectivity index (χ3v) is 4.71. The number of rotatable bonds is 5. The van der Waals surface area contributed by atoms with Crippen molar-refractivity contribution in [2.24, 2.45) is 13.0 Å². The fraction of sp³-hybridized carbons (Fsp3) is 0.400. The van der Waals surface area contributed by atoms with Crippen LogP contribution < -0.4 is 0 Å². The lowest BCUT2D eigenvalue weighted by molar-refractivity contribution is -0.145. The maximum Gasteiger partial charge on any atom is 0.326 e. The summed E-state index contributed by atoms with van der Waals surface area (Å²) in [6.45, 7) is 3.85. The largest absolute Gasteiger partial charge is 0.480 e. The van der Waals surface area contributed by atoms with Crippen LogP contribution in [0.3, 0.4) is 0 Å². The van der Waals surface area contributed by atoms with Crippen LogP contribution in [0.15, 0.2) is 23.2 Å². The van der Waals surface area contributed by atoms with Crippen LogP contribution in [0.4, 0.5) is 0 Å². The Morgan fingerprint density at radius 1 is 1.50 bits per heavy atom. The Hall–Kier alpha value is -1.60. The van der Waals surface area contributed by atoms with Gasteiger partial charge in [-0.05, 0) is 30.5 Å². The fourth-order valence-electron chi connectivity index (χ4n) is 2.27. The van der Waals surface area contributed by atoms with Gasteiger partial charge < -0.3 is 9.67 Å². The third kappa shape index (κ3) is 3.41. The van der Waals surface area contributed by atoms with Crippen molar-refractivity contribution in [1.82, 2.24) is 9.47 Å². The topological polar surface area (TPSA) is 62.5 Å². The molecule has 1 aliphatic heterocycles. The second-order valence-electron chi connectivity index (χ2n) is 5.58. The van der Waals surface area contributed by atoms with Crippen LogP contribution in [0.25, 0.3) is 6.08 Å². The summed E-state index contributed by atoms with van der Waals surface area (Å²) in [4.78, 5) is 25.8. The molecule has 0 spiro atoms. The number of aliphatic carboxylic acids is 1. The van der Waals surface area contributed by atoms with Crippen LogP contribution >= 0.6 is 24.0 Å². The predicted octanol–water partition coefficient (Wildman–Crippen LogP) is 2.73. The maximum atomic E-state index is 12.6. The highest BCUT2D eigenvalue weighted by Crippen LogP contribution is 2.35. The smallest absolute Gasteiger partial charge is 0.326 e. The van der Waals surface area contributed by atoms with Crippen molar-refractivity contribution >= 4 is 46.3 Å². The van der Waals surface area contributed by atoms with E-state index < -0.39 is 12.0 Å². The molecule has 22 heavy (non-hydrogen) atoms. The van der Waals surface area contributed by atoms with Crippen LogP contribution in [-0.2, 0) is 16.6 Å². The van der Waals surface area contributed by atoms with E-state index in [1.807, 2.05) is 43.8 Å². The molecule has 2 rings (SSSR count). The number of aromatic nitrogens is 1. The molecule has 0 saturated carbocycles. The summed E-state index contributed by atoms with van der Waals surface area (Å²) in [5.41, 5.74) is 0.872. The molecular formula is C15H18N2O3S2. The van der Waals surface area contributed by atoms with E-state index in [9.17, 15) is 14.7 Å². The molecule has 1 amide bonds. The Kier molecular flexibility index (Phi) is 5.08. The first-order valence-corrected chi connectivity index (χ1v) is 8.15. The third-order valence-electron chi connectivity index (χ3n) is 3.38. The molecule has 0 aliphatic carbocycles. The van der Waals surface area contributed by atoms with E-state index in [4.69, 9.17) is 12.2 Å². The van der Waals surface area contributed by atoms with Gasteiger partial charge in [-0.2, -0.15) is 0 Å². The molecular weight excluding hydrogens is 320 g/mol. The number of thiocarbonyl (C=S) groups is 1. The first kappa shape index (κ1) is 16.8. The molecule has 1 atom stereocenters. The first-order chi connectivity index (χ1) is 10.3. The molecule has 1 aromatic heterocycles. The number of carbonyl (C=O) groups excluding carboxylic acids is 1. The molecule has 1 aliphatic rings. The summed E-state index contributed by atoms with van der Waals surface area (Å²) in [5, 5.41) is 9.42. The number of thioether (sulfide) groups is 1. The molecule has 118 valence electrons. The second kappa shape index (κ2) is 6.66. The normalized spacial score (nSPS) is 18.5. The van der Waals surface area contributed by atoms with E-state index in [1.54, 1.807) is 6.08 Å². The zero-order valence-electron chi connectivity index (χ0n) is 12.6. The lowest BCUT2D eigenvalue weighted by atomic mass is 10.0. The molecule has 5 nitrogen and oxygen atoms in total. The lowest BCUT2D eigenvalue weighted by Crippen LogP contribution is -2.44. The van der Waals surface area contributed by atoms with Gasteiger partial charge in [-0.25, -0.2) is 4.79 Å². The van der Waals surface area contributed by atoms with E-state index in [-0.39, 0.29) is 11.8 Å². The minimum atomic E-state index is -1.02. The molecule has 0 unspecified atom stereocenters. The average molecular weight is 338 g/mol. The monoisotopic (exact) mass is 338 g/mol. The number of amides is 1. The van der Waals surface area contributed by atoms with Crippen LogP contribution in [0.5, 0.6) is 0 Å². The van der Waals surface area contributed by atoms with E-state index in [2.05, 4.69) is 0 Å². The number of carbonyl (C=O) groups is 2. The number of nitrogens with zero attached hydrogens (tertiary/aromatic N) is 2. The van der Waals surface area contributed by atoms with Gasteiger partial charge >= 0.3 is 5.97 Å². The summed E-state index contributed by atoms with van der Waals surface area (Å²) >= 11 is 6.38. The summed E-state index contributed by atoms with van der Waals surface area (Å²) in [5.74, 6) is -1.20. The van der Waals surface area contributed by atoms with Crippen LogP contribution in [-0.4, -0.2) is 36.8 Å². The number of hydrogen-bond donors (Lipinski definition) is 1. The van der Waals surface area contributed by atoms with Crippen LogP contribution in [0.1, 0.15) is 26.0 Å². The van der Waals surface area contributed by atoms with E-state index in [0.29, 0.717) is 15.6 Å². The van der Waals surface area contributed by atoms with Gasteiger partial charge in [-0.15, -0.1) is 0 Å². The SMILES string of the molecule is CC(C)C[C@@H](C(=O)O)N1C(=O)C(=Cc2cccn2C)SC1=S. The number of hydrogen-bond acceptors (Lipinski definition) is 4. The minimum absolute atomic E-state index is 0.155. The molecule has 2 heterocycles. The van der Waals surface area contributed by atoms with Crippen molar-refractivity contribution in [3.8, 4) is 0 Å². The van der Waals surface area contributed by atoms with Crippen molar-refractivity contribution < 1.29 is 14.7 Å². The van der Waals surface area contributed by atoms with Crippen molar-refractivity contribution in [2.45, 2.75) is 26.3 Å². The van der Waals surface area contributed by atoms with Crippen molar-refractivity contribution in [1.29, 1.82) is 0 Å². The van der Waals surface area contributed by atoms with Gasteiger partial charge in [-0.1, -0.05) is 37.8 Å². The number of carboxylic acids is 1. The Balaban J connectivity index is 2.30. The van der Waals surface area contributed by atoms with Gasteiger partial charge in [0.25, 0.3) is 5.91 Å². The molecule has 1 fully saturated rings. The molecule has 1 aromatic rings. The highest BCUT2D eigenvalue weighted by Gasteiger charge is 2.40. The summed E-state index contributed by atoms with van der Waals surface area (Å²) in [6.07, 6.45) is 4.00. The molecule has 1 saturated heterocycles. The maximum absolute atomic E-state index is 12.6. The van der Waals surface area contributed by atoms with Gasteiger partial charge in [-0.3, -0.25) is 9.69 Å². The van der Waals surface area contributed by atoms with E-state index in [0.717, 1.165) is 17.5 Å². The molecule has 0 bridgehead atoms. The standard InChI is InChI=1S/C15H18N2O3S2/c1-9(2)7-11(14(19)20)17-13(18)12(22-15(17)21)8-10-5-4-6-16(10)3/h4-6,8-9,11H,7H2,1-3H3,(H,19,20)/t11-/m0/s1. The molecule has 7 heteroatoms. The second-order valence-corrected chi connectivity index (χ2v) is 7.26. The lowest BCUT2D eigenvalue weighted by Gasteiger charge is -2.24. The van der Waals surface area contributed by atoms with Crippen LogP contribution in [0, 0.1) is 5.92 Å². The summed E-state index contributed by atoms with van der Waals surface area (Å²) < 4.78 is 2.19. The van der Waals surface area contributed by atoms with E-state index in [1.165, 1.54) is 4.90 Å². The Bertz CT molecular complexity index is 649. The highest BCUT2D eigenvalue weighted by molar-refractivity contribution is 8.26. The van der Waals surface area contributed by atoms with Gasteiger partial charge in [0, 0.05) is 18.9 Å². The minimum Gasteiger partial charge on any atom is -0.480 e. The average Bonchev–Trinajstić information content (AvgIpc) is 2.93. The molecule has 1 N–H and O–H groups in total. The molecule has 0 radical (unpaired) electrons. The Morgan fingerprint density at radius 3 is 2.68 bits per heavy atom. The van der Waals surface area contributed by atoms with E-state index >= 15 is 0 Å². The fourth-order valence-corrected chi connectivity index (χ4v) is 3.61. The zero-order chi connectivity index (χ0) is 16.4. The highest BCUT2D eigenvalue weighted by atomic mass is 32.2. The van der Waals surface area contributed by atoms with Gasteiger partial charge in [0.2, 0.25) is 0 Å². The number of aryl methyl sites for hydroxylation is 1. The zero-order valence-corrected chi connectivity index (χ0v) is 14.3. The van der Waals surface area contributed by atoms with Crippen molar-refractivity contribution in [2.75, 3.05) is 0 Å². The van der Waals surface area contributed by atoms with Crippen LogP contribution in [0.2, 0.25) is 0 Å². The first-order valence-electron chi connectivity index (χ1n) is 6.92. The quantitative estimate of drug-likeness (QED) is 0.661. The predicted molar refractivity (Wildman–Crippen MR) is 91.3 cm³/mol. The van der Waals surface area contributed by atoms with Crippen molar-refractivity contribution in [3.05, 3.63) is 28.9 Å². The molecule has 0 aromatic carbocycles. The van der Waals surface area contributed by atoms with Crippen molar-refractivity contribution in [3.63, 3.8) is 0 Å². The van der Waals surface area contributed by atoms with Gasteiger partial charge in [0.05, 0.1) is 4.91 Å². The van der Waals surface area contributed by atoms with Gasteiger partial charge in [0.15, 0.2) is 0 Å². The number of carboxylic acid groups (broad SMARTS) is 1.